The van der Waals surface area contributed by atoms with Crippen LogP contribution >= 0.6 is 0 Å². The Morgan fingerprint density at radius 1 is 1.56 bits per heavy atom. The lowest BCUT2D eigenvalue weighted by Crippen LogP contribution is -2.42. The van der Waals surface area contributed by atoms with E-state index in [9.17, 15) is 0 Å². The predicted molar refractivity (Wildman–Crippen MR) is 63.6 cm³/mol. The van der Waals surface area contributed by atoms with Crippen molar-refractivity contribution in [1.82, 2.24) is 14.9 Å². The zero-order valence-corrected chi connectivity index (χ0v) is 9.84. The third-order valence-corrected chi connectivity index (χ3v) is 3.53. The Morgan fingerprint density at radius 3 is 3.12 bits per heavy atom. The van der Waals surface area contributed by atoms with Crippen molar-refractivity contribution in [3.05, 3.63) is 24.3 Å². The van der Waals surface area contributed by atoms with E-state index in [0.717, 1.165) is 37.8 Å². The minimum Gasteiger partial charge on any atom is -0.330 e. The van der Waals surface area contributed by atoms with E-state index in [0.29, 0.717) is 5.92 Å². The molecule has 1 aromatic rings. The topological polar surface area (TPSA) is 55.0 Å². The van der Waals surface area contributed by atoms with Gasteiger partial charge in [0, 0.05) is 19.3 Å². The van der Waals surface area contributed by atoms with Gasteiger partial charge in [0.15, 0.2) is 0 Å². The number of piperidine rings is 1. The summed E-state index contributed by atoms with van der Waals surface area (Å²) in [6.45, 7) is 6.27. The minimum atomic E-state index is 0.635. The first-order valence-corrected chi connectivity index (χ1v) is 5.97. The van der Waals surface area contributed by atoms with Crippen LogP contribution in [-0.2, 0) is 6.54 Å². The van der Waals surface area contributed by atoms with E-state index < -0.39 is 0 Å². The Morgan fingerprint density at radius 2 is 2.44 bits per heavy atom. The van der Waals surface area contributed by atoms with Crippen LogP contribution in [0, 0.1) is 11.8 Å². The van der Waals surface area contributed by atoms with E-state index in [1.54, 1.807) is 12.5 Å². The molecule has 2 heterocycles. The van der Waals surface area contributed by atoms with Crippen LogP contribution < -0.4 is 5.73 Å². The van der Waals surface area contributed by atoms with Crippen LogP contribution in [0.15, 0.2) is 18.6 Å². The second kappa shape index (κ2) is 5.37. The Bertz CT molecular complexity index is 314. The smallest absolute Gasteiger partial charge is 0.115 e. The first kappa shape index (κ1) is 11.5. The van der Waals surface area contributed by atoms with Gasteiger partial charge in [0.05, 0.1) is 5.69 Å². The van der Waals surface area contributed by atoms with Crippen LogP contribution in [0.3, 0.4) is 0 Å². The molecule has 0 aliphatic carbocycles. The van der Waals surface area contributed by atoms with E-state index in [1.807, 2.05) is 6.07 Å². The maximum Gasteiger partial charge on any atom is 0.115 e. The standard InChI is InChI=1S/C12H20N4/c1-10-3-5-16(7-11(10)6-13)8-12-2-4-14-9-15-12/h2,4,9-11H,3,5-8,13H2,1H3. The summed E-state index contributed by atoms with van der Waals surface area (Å²) in [6.07, 6.45) is 4.66. The molecule has 2 atom stereocenters. The third-order valence-electron chi connectivity index (χ3n) is 3.53. The van der Waals surface area contributed by atoms with Gasteiger partial charge in [0.2, 0.25) is 0 Å². The summed E-state index contributed by atoms with van der Waals surface area (Å²) in [5.74, 6) is 1.39. The normalized spacial score (nSPS) is 26.9. The van der Waals surface area contributed by atoms with E-state index in [2.05, 4.69) is 21.8 Å². The summed E-state index contributed by atoms with van der Waals surface area (Å²) < 4.78 is 0. The molecule has 2 N–H and O–H groups in total. The minimum absolute atomic E-state index is 0.635. The van der Waals surface area contributed by atoms with Crippen LogP contribution in [0.5, 0.6) is 0 Å². The molecule has 0 amide bonds. The molecular formula is C12H20N4. The molecule has 88 valence electrons. The fourth-order valence-corrected chi connectivity index (χ4v) is 2.32. The Kier molecular flexibility index (Phi) is 3.85. The number of nitrogens with zero attached hydrogens (tertiary/aromatic N) is 3. The van der Waals surface area contributed by atoms with Gasteiger partial charge in [0.25, 0.3) is 0 Å². The van der Waals surface area contributed by atoms with Gasteiger partial charge in [0.1, 0.15) is 6.33 Å². The number of aromatic nitrogens is 2. The van der Waals surface area contributed by atoms with Crippen molar-refractivity contribution in [2.24, 2.45) is 17.6 Å². The van der Waals surface area contributed by atoms with Crippen LogP contribution in [-0.4, -0.2) is 34.5 Å². The highest BCUT2D eigenvalue weighted by Crippen LogP contribution is 2.22. The predicted octanol–water partition coefficient (Wildman–Crippen LogP) is 0.893. The SMILES string of the molecule is CC1CCN(Cc2ccncn2)CC1CN. The second-order valence-corrected chi connectivity index (χ2v) is 4.70. The lowest BCUT2D eigenvalue weighted by molar-refractivity contribution is 0.125. The number of nitrogens with two attached hydrogens (primary N) is 1. The molecule has 0 bridgehead atoms. The Labute approximate surface area is 96.9 Å². The summed E-state index contributed by atoms with van der Waals surface area (Å²) in [5.41, 5.74) is 6.89. The zero-order valence-electron chi connectivity index (χ0n) is 9.84. The van der Waals surface area contributed by atoms with Gasteiger partial charge < -0.3 is 5.73 Å². The molecule has 1 fully saturated rings. The number of hydrogen-bond donors (Lipinski definition) is 1. The van der Waals surface area contributed by atoms with E-state index >= 15 is 0 Å². The second-order valence-electron chi connectivity index (χ2n) is 4.70. The quantitative estimate of drug-likeness (QED) is 0.822. The Balaban J connectivity index is 1.92. The molecule has 16 heavy (non-hydrogen) atoms. The molecule has 4 nitrogen and oxygen atoms in total. The lowest BCUT2D eigenvalue weighted by Gasteiger charge is -2.36. The number of hydrogen-bond acceptors (Lipinski definition) is 4. The van der Waals surface area contributed by atoms with Crippen LogP contribution in [0.4, 0.5) is 0 Å². The molecule has 0 saturated carbocycles. The van der Waals surface area contributed by atoms with Crippen LogP contribution in [0.2, 0.25) is 0 Å². The zero-order chi connectivity index (χ0) is 11.4. The van der Waals surface area contributed by atoms with Gasteiger partial charge >= 0.3 is 0 Å². The van der Waals surface area contributed by atoms with Gasteiger partial charge in [-0.2, -0.15) is 0 Å². The van der Waals surface area contributed by atoms with Crippen molar-refractivity contribution >= 4 is 0 Å². The molecule has 1 aliphatic rings. The fraction of sp³-hybridized carbons (Fsp3) is 0.667. The highest BCUT2D eigenvalue weighted by molar-refractivity contribution is 4.98. The number of likely N-dealkylation sites (tertiary alicyclic amines) is 1. The van der Waals surface area contributed by atoms with Crippen LogP contribution in [0.1, 0.15) is 19.0 Å². The van der Waals surface area contributed by atoms with Crippen LogP contribution in [0.25, 0.3) is 0 Å². The van der Waals surface area contributed by atoms with Gasteiger partial charge in [-0.05, 0) is 37.4 Å². The van der Waals surface area contributed by atoms with Gasteiger partial charge in [-0.25, -0.2) is 9.97 Å². The monoisotopic (exact) mass is 220 g/mol. The molecule has 1 aliphatic heterocycles. The van der Waals surface area contributed by atoms with E-state index in [1.165, 1.54) is 6.42 Å². The fourth-order valence-electron chi connectivity index (χ4n) is 2.32. The summed E-state index contributed by atoms with van der Waals surface area (Å²) in [6, 6.07) is 1.98. The van der Waals surface area contributed by atoms with E-state index in [-0.39, 0.29) is 0 Å². The summed E-state index contributed by atoms with van der Waals surface area (Å²) >= 11 is 0. The molecule has 2 unspecified atom stereocenters. The van der Waals surface area contributed by atoms with Gasteiger partial charge in [-0.15, -0.1) is 0 Å². The summed E-state index contributed by atoms with van der Waals surface area (Å²) in [7, 11) is 0. The Hall–Kier alpha value is -1.00. The summed E-state index contributed by atoms with van der Waals surface area (Å²) in [4.78, 5) is 10.6. The third kappa shape index (κ3) is 2.77. The van der Waals surface area contributed by atoms with Crippen molar-refractivity contribution in [3.63, 3.8) is 0 Å². The largest absolute Gasteiger partial charge is 0.330 e. The van der Waals surface area contributed by atoms with Gasteiger partial charge in [-0.1, -0.05) is 6.92 Å². The van der Waals surface area contributed by atoms with Crippen molar-refractivity contribution in [2.45, 2.75) is 19.9 Å². The molecular weight excluding hydrogens is 200 g/mol. The summed E-state index contributed by atoms with van der Waals surface area (Å²) in [5, 5.41) is 0. The molecule has 1 saturated heterocycles. The molecule has 4 heteroatoms. The molecule has 0 aromatic carbocycles. The number of rotatable bonds is 3. The van der Waals surface area contributed by atoms with Gasteiger partial charge in [-0.3, -0.25) is 4.90 Å². The highest BCUT2D eigenvalue weighted by Gasteiger charge is 2.24. The van der Waals surface area contributed by atoms with Crippen molar-refractivity contribution in [3.8, 4) is 0 Å². The molecule has 1 aromatic heterocycles. The van der Waals surface area contributed by atoms with Crippen molar-refractivity contribution in [2.75, 3.05) is 19.6 Å². The van der Waals surface area contributed by atoms with E-state index in [4.69, 9.17) is 5.73 Å². The molecule has 2 rings (SSSR count). The average molecular weight is 220 g/mol. The lowest BCUT2D eigenvalue weighted by atomic mass is 9.87. The average Bonchev–Trinajstić information content (AvgIpc) is 2.33. The van der Waals surface area contributed by atoms with Crippen molar-refractivity contribution in [1.29, 1.82) is 0 Å². The first-order chi connectivity index (χ1) is 7.79. The maximum absolute atomic E-state index is 5.80. The highest BCUT2D eigenvalue weighted by atomic mass is 15.1. The maximum atomic E-state index is 5.80. The molecule has 0 spiro atoms. The van der Waals surface area contributed by atoms with Crippen molar-refractivity contribution < 1.29 is 0 Å². The molecule has 0 radical (unpaired) electrons. The first-order valence-electron chi connectivity index (χ1n) is 5.97.